The van der Waals surface area contributed by atoms with Gasteiger partial charge in [-0.1, -0.05) is 18.5 Å². The molecule has 16 heavy (non-hydrogen) atoms. The third kappa shape index (κ3) is 2.65. The second kappa shape index (κ2) is 5.30. The molecule has 1 saturated heterocycles. The number of carbonyl (C=O) groups is 1. The van der Waals surface area contributed by atoms with Gasteiger partial charge in [-0.05, 0) is 37.9 Å². The number of carbonyl (C=O) groups excluding carboxylic acids is 1. The lowest BCUT2D eigenvalue weighted by molar-refractivity contribution is 0.0924. The molecule has 2 nitrogen and oxygen atoms in total. The van der Waals surface area contributed by atoms with E-state index in [1.54, 1.807) is 6.07 Å². The van der Waals surface area contributed by atoms with Crippen LogP contribution in [-0.2, 0) is 0 Å². The lowest BCUT2D eigenvalue weighted by Crippen LogP contribution is -2.33. The molecule has 1 aliphatic heterocycles. The number of ketones is 1. The van der Waals surface area contributed by atoms with Crippen LogP contribution in [0.1, 0.15) is 35.9 Å². The summed E-state index contributed by atoms with van der Waals surface area (Å²) in [6.07, 6.45) is 3.59. The van der Waals surface area contributed by atoms with E-state index in [0.717, 1.165) is 17.8 Å². The van der Waals surface area contributed by atoms with Gasteiger partial charge in [0.2, 0.25) is 0 Å². The number of halogens is 1. The van der Waals surface area contributed by atoms with E-state index in [1.165, 1.54) is 24.2 Å². The summed E-state index contributed by atoms with van der Waals surface area (Å²) in [4.78, 5) is 15.1. The van der Waals surface area contributed by atoms with Gasteiger partial charge in [-0.15, -0.1) is 11.3 Å². The van der Waals surface area contributed by atoms with E-state index in [9.17, 15) is 4.79 Å². The van der Waals surface area contributed by atoms with Crippen molar-refractivity contribution >= 4 is 28.7 Å². The maximum Gasteiger partial charge on any atom is 0.186 e. The second-order valence-corrected chi connectivity index (χ2v) is 5.92. The van der Waals surface area contributed by atoms with Crippen LogP contribution < -0.4 is 0 Å². The SMILES string of the molecule is CCC1CCCN1CC(=O)c1ccc(Cl)s1. The Morgan fingerprint density at radius 2 is 2.44 bits per heavy atom. The van der Waals surface area contributed by atoms with Crippen LogP contribution in [0.2, 0.25) is 4.34 Å². The number of rotatable bonds is 4. The summed E-state index contributed by atoms with van der Waals surface area (Å²) >= 11 is 7.21. The molecule has 1 aliphatic rings. The molecule has 2 rings (SSSR count). The quantitative estimate of drug-likeness (QED) is 0.770. The summed E-state index contributed by atoms with van der Waals surface area (Å²) in [6, 6.07) is 4.21. The van der Waals surface area contributed by atoms with Crippen LogP contribution in [0.3, 0.4) is 0 Å². The minimum absolute atomic E-state index is 0.206. The summed E-state index contributed by atoms with van der Waals surface area (Å²) < 4.78 is 0.691. The molecular weight excluding hydrogens is 242 g/mol. The first-order chi connectivity index (χ1) is 7.70. The molecule has 1 atom stereocenters. The van der Waals surface area contributed by atoms with Crippen molar-refractivity contribution in [2.24, 2.45) is 0 Å². The topological polar surface area (TPSA) is 20.3 Å². The minimum Gasteiger partial charge on any atom is -0.293 e. The van der Waals surface area contributed by atoms with Gasteiger partial charge < -0.3 is 0 Å². The van der Waals surface area contributed by atoms with Gasteiger partial charge in [-0.25, -0.2) is 0 Å². The number of hydrogen-bond acceptors (Lipinski definition) is 3. The van der Waals surface area contributed by atoms with Crippen molar-refractivity contribution in [1.82, 2.24) is 4.90 Å². The number of nitrogens with zero attached hydrogens (tertiary/aromatic N) is 1. The smallest absolute Gasteiger partial charge is 0.186 e. The second-order valence-electron chi connectivity index (χ2n) is 4.20. The molecule has 0 amide bonds. The Hall–Kier alpha value is -0.380. The number of thiophene rings is 1. The molecule has 88 valence electrons. The Morgan fingerprint density at radius 3 is 3.06 bits per heavy atom. The molecule has 1 fully saturated rings. The predicted molar refractivity (Wildman–Crippen MR) is 68.5 cm³/mol. The van der Waals surface area contributed by atoms with Gasteiger partial charge in [0.25, 0.3) is 0 Å². The van der Waals surface area contributed by atoms with E-state index in [4.69, 9.17) is 11.6 Å². The maximum absolute atomic E-state index is 12.0. The van der Waals surface area contributed by atoms with Crippen LogP contribution in [-0.4, -0.2) is 29.8 Å². The van der Waals surface area contributed by atoms with Crippen molar-refractivity contribution < 1.29 is 4.79 Å². The van der Waals surface area contributed by atoms with Crippen LogP contribution in [0.4, 0.5) is 0 Å². The standard InChI is InChI=1S/C12H16ClNOS/c1-2-9-4-3-7-14(9)8-10(15)11-5-6-12(13)16-11/h5-6,9H,2-4,7-8H2,1H3. The molecule has 0 radical (unpaired) electrons. The fourth-order valence-corrected chi connectivity index (χ4v) is 3.27. The fourth-order valence-electron chi connectivity index (χ4n) is 2.29. The Bertz CT molecular complexity index is 377. The first kappa shape index (κ1) is 12.1. The van der Waals surface area contributed by atoms with E-state index in [1.807, 2.05) is 6.07 Å². The molecule has 0 aromatic carbocycles. The highest BCUT2D eigenvalue weighted by Crippen LogP contribution is 2.24. The highest BCUT2D eigenvalue weighted by Gasteiger charge is 2.25. The average Bonchev–Trinajstić information content (AvgIpc) is 2.86. The average molecular weight is 258 g/mol. The lowest BCUT2D eigenvalue weighted by Gasteiger charge is -2.21. The van der Waals surface area contributed by atoms with E-state index < -0.39 is 0 Å². The summed E-state index contributed by atoms with van der Waals surface area (Å²) in [6.45, 7) is 3.80. The monoisotopic (exact) mass is 257 g/mol. The molecule has 0 N–H and O–H groups in total. The number of likely N-dealkylation sites (tertiary alicyclic amines) is 1. The fraction of sp³-hybridized carbons (Fsp3) is 0.583. The highest BCUT2D eigenvalue weighted by molar-refractivity contribution is 7.18. The van der Waals surface area contributed by atoms with Gasteiger partial charge in [0, 0.05) is 6.04 Å². The van der Waals surface area contributed by atoms with Crippen molar-refractivity contribution in [3.63, 3.8) is 0 Å². The Balaban J connectivity index is 1.97. The Morgan fingerprint density at radius 1 is 1.62 bits per heavy atom. The normalized spacial score (nSPS) is 21.5. The van der Waals surface area contributed by atoms with Gasteiger partial charge in [-0.3, -0.25) is 9.69 Å². The number of hydrogen-bond donors (Lipinski definition) is 0. The van der Waals surface area contributed by atoms with Crippen LogP contribution in [0.5, 0.6) is 0 Å². The molecular formula is C12H16ClNOS. The van der Waals surface area contributed by atoms with Crippen LogP contribution in [0.15, 0.2) is 12.1 Å². The molecule has 1 aromatic rings. The number of Topliss-reactive ketones (excluding diaryl/α,β-unsaturated/α-hetero) is 1. The minimum atomic E-state index is 0.206. The van der Waals surface area contributed by atoms with E-state index in [0.29, 0.717) is 16.9 Å². The third-order valence-electron chi connectivity index (χ3n) is 3.17. The molecule has 0 spiro atoms. The predicted octanol–water partition coefficient (Wildman–Crippen LogP) is 3.46. The molecule has 0 saturated carbocycles. The first-order valence-electron chi connectivity index (χ1n) is 5.73. The molecule has 0 aliphatic carbocycles. The molecule has 0 bridgehead atoms. The van der Waals surface area contributed by atoms with E-state index in [-0.39, 0.29) is 5.78 Å². The largest absolute Gasteiger partial charge is 0.293 e. The van der Waals surface area contributed by atoms with Crippen LogP contribution in [0, 0.1) is 0 Å². The molecule has 4 heteroatoms. The van der Waals surface area contributed by atoms with Crippen LogP contribution in [0.25, 0.3) is 0 Å². The maximum atomic E-state index is 12.0. The first-order valence-corrected chi connectivity index (χ1v) is 6.92. The van der Waals surface area contributed by atoms with Crippen LogP contribution >= 0.6 is 22.9 Å². The zero-order valence-electron chi connectivity index (χ0n) is 9.41. The Labute approximate surface area is 105 Å². The van der Waals surface area contributed by atoms with Crippen molar-refractivity contribution in [2.75, 3.05) is 13.1 Å². The summed E-state index contributed by atoms with van der Waals surface area (Å²) in [5, 5.41) is 0. The molecule has 1 aromatic heterocycles. The van der Waals surface area contributed by atoms with Crippen molar-refractivity contribution in [3.05, 3.63) is 21.3 Å². The summed E-state index contributed by atoms with van der Waals surface area (Å²) in [5.74, 6) is 0.206. The van der Waals surface area contributed by atoms with Crippen molar-refractivity contribution in [3.8, 4) is 0 Å². The third-order valence-corrected chi connectivity index (χ3v) is 4.44. The van der Waals surface area contributed by atoms with Gasteiger partial charge in [-0.2, -0.15) is 0 Å². The van der Waals surface area contributed by atoms with Crippen molar-refractivity contribution in [2.45, 2.75) is 32.2 Å². The van der Waals surface area contributed by atoms with Gasteiger partial charge >= 0.3 is 0 Å². The van der Waals surface area contributed by atoms with E-state index >= 15 is 0 Å². The van der Waals surface area contributed by atoms with Gasteiger partial charge in [0.05, 0.1) is 15.8 Å². The Kier molecular flexibility index (Phi) is 4.00. The molecule has 1 unspecified atom stereocenters. The zero-order chi connectivity index (χ0) is 11.5. The molecule has 2 heterocycles. The van der Waals surface area contributed by atoms with Gasteiger partial charge in [0.15, 0.2) is 5.78 Å². The van der Waals surface area contributed by atoms with Gasteiger partial charge in [0.1, 0.15) is 0 Å². The highest BCUT2D eigenvalue weighted by atomic mass is 35.5. The van der Waals surface area contributed by atoms with E-state index in [2.05, 4.69) is 11.8 Å². The zero-order valence-corrected chi connectivity index (χ0v) is 11.0. The summed E-state index contributed by atoms with van der Waals surface area (Å²) in [7, 11) is 0. The van der Waals surface area contributed by atoms with Crippen molar-refractivity contribution in [1.29, 1.82) is 0 Å². The summed E-state index contributed by atoms with van der Waals surface area (Å²) in [5.41, 5.74) is 0. The lowest BCUT2D eigenvalue weighted by atomic mass is 10.1.